The molecule has 0 amide bonds. The van der Waals surface area contributed by atoms with Gasteiger partial charge < -0.3 is 10.4 Å². The molecular formula is C10H8N2O2. The minimum atomic E-state index is -0.993. The molecule has 1 aromatic rings. The Labute approximate surface area is 80.8 Å². The second-order valence-corrected chi connectivity index (χ2v) is 3.15. The van der Waals surface area contributed by atoms with E-state index < -0.39 is 17.9 Å². The summed E-state index contributed by atoms with van der Waals surface area (Å²) >= 11 is 0. The minimum absolute atomic E-state index is 0.594. The van der Waals surface area contributed by atoms with E-state index in [0.29, 0.717) is 0 Å². The number of nitrogens with one attached hydrogen (secondary N) is 1. The molecule has 4 nitrogen and oxygen atoms in total. The molecular weight excluding hydrogens is 180 g/mol. The molecule has 0 saturated carbocycles. The van der Waals surface area contributed by atoms with Crippen LogP contribution in [0, 0.1) is 11.3 Å². The number of benzene rings is 1. The van der Waals surface area contributed by atoms with Gasteiger partial charge in [-0.3, -0.25) is 0 Å². The summed E-state index contributed by atoms with van der Waals surface area (Å²) in [5, 5.41) is 20.6. The van der Waals surface area contributed by atoms with E-state index in [1.807, 2.05) is 12.1 Å². The Hall–Kier alpha value is -2.02. The van der Waals surface area contributed by atoms with E-state index in [4.69, 9.17) is 10.4 Å². The number of fused-ring (bicyclic) bond motifs is 1. The Morgan fingerprint density at radius 2 is 2.21 bits per heavy atom. The average Bonchev–Trinajstić information content (AvgIpc) is 2.56. The number of hydrogen-bond donors (Lipinski definition) is 2. The first kappa shape index (κ1) is 8.57. The number of rotatable bonds is 1. The van der Waals surface area contributed by atoms with Crippen LogP contribution in [-0.2, 0) is 4.79 Å². The van der Waals surface area contributed by atoms with E-state index in [9.17, 15) is 4.79 Å². The van der Waals surface area contributed by atoms with Crippen LogP contribution in [0.25, 0.3) is 0 Å². The lowest BCUT2D eigenvalue weighted by Gasteiger charge is -2.07. The summed E-state index contributed by atoms with van der Waals surface area (Å²) < 4.78 is 0. The van der Waals surface area contributed by atoms with Crippen molar-refractivity contribution < 1.29 is 9.90 Å². The Balaban J connectivity index is 2.45. The molecule has 0 fully saturated rings. The second-order valence-electron chi connectivity index (χ2n) is 3.15. The largest absolute Gasteiger partial charge is 0.480 e. The Kier molecular flexibility index (Phi) is 1.86. The standard InChI is InChI=1S/C10H8N2O2/c11-5-7-6-3-1-2-4-8(6)12-9(7)10(13)14/h1-4,7,9,12H,(H,13,14). The van der Waals surface area contributed by atoms with Crippen molar-refractivity contribution in [2.24, 2.45) is 0 Å². The maximum absolute atomic E-state index is 10.8. The van der Waals surface area contributed by atoms with Gasteiger partial charge in [0.05, 0.1) is 6.07 Å². The molecule has 1 aliphatic rings. The van der Waals surface area contributed by atoms with Crippen LogP contribution < -0.4 is 5.32 Å². The van der Waals surface area contributed by atoms with Gasteiger partial charge in [0.2, 0.25) is 0 Å². The van der Waals surface area contributed by atoms with Crippen molar-refractivity contribution in [2.75, 3.05) is 5.32 Å². The van der Waals surface area contributed by atoms with E-state index in [0.717, 1.165) is 11.3 Å². The van der Waals surface area contributed by atoms with E-state index in [-0.39, 0.29) is 0 Å². The molecule has 1 aromatic carbocycles. The molecule has 2 atom stereocenters. The Bertz CT molecular complexity index is 422. The number of carboxylic acids is 1. The number of para-hydroxylation sites is 1. The fourth-order valence-corrected chi connectivity index (χ4v) is 1.68. The van der Waals surface area contributed by atoms with Gasteiger partial charge in [-0.2, -0.15) is 5.26 Å². The number of carbonyl (C=O) groups is 1. The minimum Gasteiger partial charge on any atom is -0.480 e. The van der Waals surface area contributed by atoms with Gasteiger partial charge in [0.25, 0.3) is 0 Å². The molecule has 2 rings (SSSR count). The zero-order chi connectivity index (χ0) is 10.1. The van der Waals surface area contributed by atoms with Gasteiger partial charge >= 0.3 is 5.97 Å². The lowest BCUT2D eigenvalue weighted by atomic mass is 9.97. The number of nitrogens with zero attached hydrogens (tertiary/aromatic N) is 1. The second kappa shape index (κ2) is 3.04. The summed E-state index contributed by atoms with van der Waals surface area (Å²) in [6.07, 6.45) is 0. The number of anilines is 1. The normalized spacial score (nSPS) is 23.4. The first-order valence-electron chi connectivity index (χ1n) is 4.22. The van der Waals surface area contributed by atoms with Gasteiger partial charge in [-0.25, -0.2) is 4.79 Å². The van der Waals surface area contributed by atoms with Crippen LogP contribution in [0.2, 0.25) is 0 Å². The summed E-state index contributed by atoms with van der Waals surface area (Å²) in [7, 11) is 0. The Morgan fingerprint density at radius 3 is 2.86 bits per heavy atom. The van der Waals surface area contributed by atoms with Gasteiger partial charge in [-0.05, 0) is 11.6 Å². The molecule has 2 unspecified atom stereocenters. The van der Waals surface area contributed by atoms with Gasteiger partial charge in [0.1, 0.15) is 12.0 Å². The molecule has 70 valence electrons. The van der Waals surface area contributed by atoms with Gasteiger partial charge in [-0.15, -0.1) is 0 Å². The highest BCUT2D eigenvalue weighted by Gasteiger charge is 2.36. The van der Waals surface area contributed by atoms with Crippen LogP contribution in [0.3, 0.4) is 0 Å². The summed E-state index contributed by atoms with van der Waals surface area (Å²) in [4.78, 5) is 10.8. The molecule has 2 N–H and O–H groups in total. The molecule has 0 aliphatic carbocycles. The van der Waals surface area contributed by atoms with Crippen LogP contribution in [0.4, 0.5) is 5.69 Å². The highest BCUT2D eigenvalue weighted by atomic mass is 16.4. The van der Waals surface area contributed by atoms with Crippen LogP contribution in [0.15, 0.2) is 24.3 Å². The number of carboxylic acid groups (broad SMARTS) is 1. The SMILES string of the molecule is N#CC1c2ccccc2NC1C(=O)O. The highest BCUT2D eigenvalue weighted by Crippen LogP contribution is 2.35. The Morgan fingerprint density at radius 1 is 1.50 bits per heavy atom. The molecule has 1 aliphatic heterocycles. The predicted octanol–water partition coefficient (Wildman–Crippen LogP) is 1.17. The third kappa shape index (κ3) is 1.11. The summed E-state index contributed by atoms with van der Waals surface area (Å²) in [5.41, 5.74) is 1.51. The third-order valence-corrected chi connectivity index (χ3v) is 2.35. The van der Waals surface area contributed by atoms with E-state index in [1.165, 1.54) is 0 Å². The monoisotopic (exact) mass is 188 g/mol. The third-order valence-electron chi connectivity index (χ3n) is 2.35. The summed E-state index contributed by atoms with van der Waals surface area (Å²) in [5.74, 6) is -1.59. The number of aliphatic carboxylic acids is 1. The van der Waals surface area contributed by atoms with Crippen LogP contribution >= 0.6 is 0 Å². The lowest BCUT2D eigenvalue weighted by molar-refractivity contribution is -0.137. The summed E-state index contributed by atoms with van der Waals surface area (Å²) in [6, 6.07) is 8.35. The average molecular weight is 188 g/mol. The number of nitriles is 1. The molecule has 0 aromatic heterocycles. The molecule has 1 heterocycles. The fraction of sp³-hybridized carbons (Fsp3) is 0.200. The summed E-state index contributed by atoms with van der Waals surface area (Å²) in [6.45, 7) is 0. The lowest BCUT2D eigenvalue weighted by Crippen LogP contribution is -2.29. The quantitative estimate of drug-likeness (QED) is 0.693. The van der Waals surface area contributed by atoms with Crippen molar-refractivity contribution in [1.29, 1.82) is 5.26 Å². The molecule has 0 radical (unpaired) electrons. The predicted molar refractivity (Wildman–Crippen MR) is 49.8 cm³/mol. The van der Waals surface area contributed by atoms with Crippen LogP contribution in [0.5, 0.6) is 0 Å². The molecule has 4 heteroatoms. The first-order valence-corrected chi connectivity index (χ1v) is 4.22. The van der Waals surface area contributed by atoms with Gasteiger partial charge in [0, 0.05) is 5.69 Å². The molecule has 0 saturated heterocycles. The van der Waals surface area contributed by atoms with E-state index >= 15 is 0 Å². The zero-order valence-corrected chi connectivity index (χ0v) is 7.27. The fourth-order valence-electron chi connectivity index (χ4n) is 1.68. The van der Waals surface area contributed by atoms with Gasteiger partial charge in [-0.1, -0.05) is 18.2 Å². The van der Waals surface area contributed by atoms with Crippen molar-refractivity contribution in [3.05, 3.63) is 29.8 Å². The van der Waals surface area contributed by atoms with Gasteiger partial charge in [0.15, 0.2) is 0 Å². The molecule has 0 spiro atoms. The van der Waals surface area contributed by atoms with Crippen LogP contribution in [0.1, 0.15) is 11.5 Å². The maximum atomic E-state index is 10.8. The molecule has 0 bridgehead atoms. The van der Waals surface area contributed by atoms with Crippen molar-refractivity contribution >= 4 is 11.7 Å². The first-order chi connectivity index (χ1) is 6.74. The highest BCUT2D eigenvalue weighted by molar-refractivity contribution is 5.83. The smallest absolute Gasteiger partial charge is 0.327 e. The van der Waals surface area contributed by atoms with Crippen molar-refractivity contribution in [3.63, 3.8) is 0 Å². The van der Waals surface area contributed by atoms with Crippen molar-refractivity contribution in [2.45, 2.75) is 12.0 Å². The maximum Gasteiger partial charge on any atom is 0.327 e. The molecule has 14 heavy (non-hydrogen) atoms. The topological polar surface area (TPSA) is 73.1 Å². The van der Waals surface area contributed by atoms with Crippen molar-refractivity contribution in [1.82, 2.24) is 0 Å². The van der Waals surface area contributed by atoms with Crippen LogP contribution in [-0.4, -0.2) is 17.1 Å². The van der Waals surface area contributed by atoms with Crippen molar-refractivity contribution in [3.8, 4) is 6.07 Å². The van der Waals surface area contributed by atoms with E-state index in [2.05, 4.69) is 5.32 Å². The zero-order valence-electron chi connectivity index (χ0n) is 7.27. The van der Waals surface area contributed by atoms with E-state index in [1.54, 1.807) is 18.2 Å². The number of hydrogen-bond acceptors (Lipinski definition) is 3.